The summed E-state index contributed by atoms with van der Waals surface area (Å²) in [5.41, 5.74) is -1.11. The maximum atomic E-state index is 10.3. The van der Waals surface area contributed by atoms with Crippen LogP contribution in [0, 0.1) is 5.41 Å². The Bertz CT molecular complexity index is 610. The van der Waals surface area contributed by atoms with Crippen LogP contribution in [0.2, 0.25) is 0 Å². The highest BCUT2D eigenvalue weighted by molar-refractivity contribution is 5.67. The van der Waals surface area contributed by atoms with Gasteiger partial charge in [0.05, 0.1) is 31.8 Å². The fourth-order valence-electron chi connectivity index (χ4n) is 3.91. The fourth-order valence-corrected chi connectivity index (χ4v) is 3.91. The van der Waals surface area contributed by atoms with Gasteiger partial charge in [-0.15, -0.1) is 0 Å². The Hall–Kier alpha value is -2.01. The van der Waals surface area contributed by atoms with Gasteiger partial charge in [-0.2, -0.15) is 0 Å². The first-order valence-corrected chi connectivity index (χ1v) is 16.4. The van der Waals surface area contributed by atoms with Crippen molar-refractivity contribution >= 4 is 17.9 Å². The highest BCUT2D eigenvalue weighted by Crippen LogP contribution is 2.12. The zero-order chi connectivity index (χ0) is 33.0. The van der Waals surface area contributed by atoms with Crippen molar-refractivity contribution in [3.05, 3.63) is 12.2 Å². The van der Waals surface area contributed by atoms with E-state index in [2.05, 4.69) is 19.1 Å². The molecule has 10 nitrogen and oxygen atoms in total. The maximum Gasteiger partial charge on any atom is 0.303 e. The SMILES string of the molecule is CCCCCCCC/C=C\CCCCCCCC(=O)O.O=C(O)CCCCCCCCC(=O)O.OCC(CO)(CO)CO. The van der Waals surface area contributed by atoms with Gasteiger partial charge < -0.3 is 35.7 Å². The summed E-state index contributed by atoms with van der Waals surface area (Å²) in [5, 5.41) is 59.2. The third-order valence-electron chi connectivity index (χ3n) is 7.03. The van der Waals surface area contributed by atoms with Gasteiger partial charge in [0, 0.05) is 19.3 Å². The summed E-state index contributed by atoms with van der Waals surface area (Å²) in [4.78, 5) is 30.6. The van der Waals surface area contributed by atoms with Crippen LogP contribution in [0.15, 0.2) is 12.2 Å². The lowest BCUT2D eigenvalue weighted by Gasteiger charge is -2.23. The highest BCUT2D eigenvalue weighted by Gasteiger charge is 2.26. The summed E-state index contributed by atoms with van der Waals surface area (Å²) in [5.74, 6) is -2.14. The molecule has 0 saturated heterocycles. The minimum Gasteiger partial charge on any atom is -0.481 e. The van der Waals surface area contributed by atoms with Gasteiger partial charge in [-0.3, -0.25) is 14.4 Å². The molecule has 0 aromatic heterocycles. The number of hydrogen-bond acceptors (Lipinski definition) is 7. The minimum atomic E-state index is -1.11. The third kappa shape index (κ3) is 40.0. The lowest BCUT2D eigenvalue weighted by atomic mass is 9.93. The zero-order valence-electron chi connectivity index (χ0n) is 26.9. The molecule has 10 heteroatoms. The van der Waals surface area contributed by atoms with Gasteiger partial charge in [0.25, 0.3) is 0 Å². The van der Waals surface area contributed by atoms with Crippen molar-refractivity contribution in [3.63, 3.8) is 0 Å². The molecular weight excluding hydrogens is 556 g/mol. The van der Waals surface area contributed by atoms with Crippen molar-refractivity contribution in [3.8, 4) is 0 Å². The molecule has 0 heterocycles. The lowest BCUT2D eigenvalue weighted by Crippen LogP contribution is -2.37. The number of allylic oxidation sites excluding steroid dienone is 2. The van der Waals surface area contributed by atoms with Crippen LogP contribution in [0.25, 0.3) is 0 Å². The second kappa shape index (κ2) is 36.2. The van der Waals surface area contributed by atoms with Crippen LogP contribution in [0.5, 0.6) is 0 Å². The molecule has 0 amide bonds. The topological polar surface area (TPSA) is 193 Å². The number of unbranched alkanes of at least 4 members (excludes halogenated alkanes) is 16. The van der Waals surface area contributed by atoms with Crippen molar-refractivity contribution in [2.45, 2.75) is 148 Å². The summed E-state index contributed by atoms with van der Waals surface area (Å²) < 4.78 is 0. The molecule has 0 atom stereocenters. The molecular formula is C33H64O10. The molecule has 256 valence electrons. The van der Waals surface area contributed by atoms with E-state index in [4.69, 9.17) is 35.7 Å². The van der Waals surface area contributed by atoms with E-state index in [-0.39, 0.29) is 12.8 Å². The molecule has 0 radical (unpaired) electrons. The van der Waals surface area contributed by atoms with Crippen LogP contribution in [-0.4, -0.2) is 80.1 Å². The Morgan fingerprint density at radius 1 is 0.442 bits per heavy atom. The van der Waals surface area contributed by atoms with Crippen LogP contribution in [0.4, 0.5) is 0 Å². The summed E-state index contributed by atoms with van der Waals surface area (Å²) in [6.45, 7) is 0.634. The van der Waals surface area contributed by atoms with Gasteiger partial charge in [0.1, 0.15) is 0 Å². The van der Waals surface area contributed by atoms with E-state index < -0.39 is 49.8 Å². The van der Waals surface area contributed by atoms with Crippen molar-refractivity contribution < 1.29 is 50.1 Å². The number of aliphatic carboxylic acids is 3. The molecule has 43 heavy (non-hydrogen) atoms. The van der Waals surface area contributed by atoms with Crippen LogP contribution in [0.3, 0.4) is 0 Å². The number of hydrogen-bond donors (Lipinski definition) is 7. The highest BCUT2D eigenvalue weighted by atomic mass is 16.4. The molecule has 0 unspecified atom stereocenters. The molecule has 7 N–H and O–H groups in total. The van der Waals surface area contributed by atoms with E-state index >= 15 is 0 Å². The predicted molar refractivity (Wildman–Crippen MR) is 170 cm³/mol. The second-order valence-electron chi connectivity index (χ2n) is 11.3. The van der Waals surface area contributed by atoms with Gasteiger partial charge in [-0.25, -0.2) is 0 Å². The van der Waals surface area contributed by atoms with Gasteiger partial charge in [-0.05, 0) is 44.9 Å². The van der Waals surface area contributed by atoms with Gasteiger partial charge in [0.15, 0.2) is 0 Å². The molecule has 0 aromatic carbocycles. The monoisotopic (exact) mass is 620 g/mol. The van der Waals surface area contributed by atoms with Gasteiger partial charge in [-0.1, -0.05) is 96.1 Å². The first-order chi connectivity index (χ1) is 20.6. The zero-order valence-corrected chi connectivity index (χ0v) is 26.9. The summed E-state index contributed by atoms with van der Waals surface area (Å²) in [6.07, 6.45) is 27.1. The van der Waals surface area contributed by atoms with Crippen LogP contribution in [-0.2, 0) is 14.4 Å². The molecule has 0 aromatic rings. The van der Waals surface area contributed by atoms with Crippen molar-refractivity contribution in [1.29, 1.82) is 0 Å². The Morgan fingerprint density at radius 2 is 0.698 bits per heavy atom. The third-order valence-corrected chi connectivity index (χ3v) is 7.03. The number of carbonyl (C=O) groups is 3. The Kier molecular flexibility index (Phi) is 38.2. The predicted octanol–water partition coefficient (Wildman–Crippen LogP) is 6.33. The first kappa shape index (κ1) is 45.4. The lowest BCUT2D eigenvalue weighted by molar-refractivity contribution is -0.138. The van der Waals surface area contributed by atoms with E-state index in [9.17, 15) is 14.4 Å². The normalized spacial score (nSPS) is 11.0. The smallest absolute Gasteiger partial charge is 0.303 e. The quantitative estimate of drug-likeness (QED) is 0.0384. The van der Waals surface area contributed by atoms with E-state index in [1.165, 1.54) is 70.6 Å². The molecule has 0 fully saturated rings. The average molecular weight is 621 g/mol. The summed E-state index contributed by atoms with van der Waals surface area (Å²) >= 11 is 0. The summed E-state index contributed by atoms with van der Waals surface area (Å²) in [7, 11) is 0. The van der Waals surface area contributed by atoms with E-state index in [0.717, 1.165) is 51.4 Å². The van der Waals surface area contributed by atoms with Crippen molar-refractivity contribution in [2.24, 2.45) is 5.41 Å². The van der Waals surface area contributed by atoms with E-state index in [1.54, 1.807) is 0 Å². The van der Waals surface area contributed by atoms with Crippen LogP contribution in [0.1, 0.15) is 148 Å². The first-order valence-electron chi connectivity index (χ1n) is 16.4. The van der Waals surface area contributed by atoms with Gasteiger partial charge in [0.2, 0.25) is 0 Å². The van der Waals surface area contributed by atoms with Crippen LogP contribution < -0.4 is 0 Å². The molecule has 0 spiro atoms. The molecule has 0 aliphatic rings. The minimum absolute atomic E-state index is 0.245. The average Bonchev–Trinajstić information content (AvgIpc) is 2.98. The Labute approximate surface area is 260 Å². The number of carboxylic acid groups (broad SMARTS) is 3. The molecule has 0 rings (SSSR count). The number of rotatable bonds is 28. The second-order valence-corrected chi connectivity index (χ2v) is 11.3. The van der Waals surface area contributed by atoms with Gasteiger partial charge >= 0.3 is 17.9 Å². The Morgan fingerprint density at radius 3 is 0.930 bits per heavy atom. The Balaban J connectivity index is -0.000000604. The van der Waals surface area contributed by atoms with Crippen molar-refractivity contribution in [1.82, 2.24) is 0 Å². The number of aliphatic hydroxyl groups excluding tert-OH is 4. The molecule has 0 saturated carbocycles. The molecule has 0 aliphatic heterocycles. The number of carboxylic acids is 3. The maximum absolute atomic E-state index is 10.3. The van der Waals surface area contributed by atoms with E-state index in [0.29, 0.717) is 6.42 Å². The number of aliphatic hydroxyl groups is 4. The largest absolute Gasteiger partial charge is 0.481 e. The molecule has 0 aliphatic carbocycles. The molecule has 0 bridgehead atoms. The fraction of sp³-hybridized carbons (Fsp3) is 0.848. The standard InChI is InChI=1S/C18H34O2.C10H18O4.C5H12O4/c1-2-3-4-5-6-7-8-9-10-11-12-13-14-15-16-17-18(19)20;11-9(12)7-5-3-1-2-4-6-8-10(13)14;6-1-5(2-7,3-8)4-9/h9-10H,2-8,11-17H2,1H3,(H,19,20);1-8H2,(H,11,12)(H,13,14);6-9H,1-4H2/b10-9-;;. The van der Waals surface area contributed by atoms with Crippen LogP contribution >= 0.6 is 0 Å². The van der Waals surface area contributed by atoms with E-state index in [1.807, 2.05) is 0 Å². The summed E-state index contributed by atoms with van der Waals surface area (Å²) in [6, 6.07) is 0. The van der Waals surface area contributed by atoms with Crippen molar-refractivity contribution in [2.75, 3.05) is 26.4 Å².